The van der Waals surface area contributed by atoms with Crippen LogP contribution < -0.4 is 16.0 Å². The molecule has 1 unspecified atom stereocenters. The normalized spacial score (nSPS) is 16.9. The molecule has 1 aromatic rings. The van der Waals surface area contributed by atoms with Gasteiger partial charge in [-0.25, -0.2) is 0 Å². The number of hydrogen-bond acceptors (Lipinski definition) is 3. The summed E-state index contributed by atoms with van der Waals surface area (Å²) in [7, 11) is 0. The molecule has 21 heavy (non-hydrogen) atoms. The molecule has 0 spiro atoms. The second kappa shape index (κ2) is 7.78. The van der Waals surface area contributed by atoms with Gasteiger partial charge < -0.3 is 16.0 Å². The molecular formula is C16H23N3O2. The fourth-order valence-corrected chi connectivity index (χ4v) is 2.55. The summed E-state index contributed by atoms with van der Waals surface area (Å²) in [5.74, 6) is -0.224. The predicted molar refractivity (Wildman–Crippen MR) is 81.8 cm³/mol. The van der Waals surface area contributed by atoms with Crippen molar-refractivity contribution in [3.8, 4) is 0 Å². The molecule has 0 bridgehead atoms. The number of carbonyl (C=O) groups excluding carboxylic acids is 2. The molecule has 0 saturated heterocycles. The van der Waals surface area contributed by atoms with E-state index in [0.29, 0.717) is 13.0 Å². The highest BCUT2D eigenvalue weighted by Crippen LogP contribution is 2.21. The fourth-order valence-electron chi connectivity index (χ4n) is 2.55. The lowest BCUT2D eigenvalue weighted by Crippen LogP contribution is -2.42. The second-order valence-corrected chi connectivity index (χ2v) is 5.29. The predicted octanol–water partition coefficient (Wildman–Crippen LogP) is 0.906. The van der Waals surface area contributed by atoms with Gasteiger partial charge in [0, 0.05) is 19.0 Å². The number of carbonyl (C=O) groups is 2. The first kappa shape index (κ1) is 15.5. The van der Waals surface area contributed by atoms with Crippen molar-refractivity contribution in [2.24, 2.45) is 0 Å². The van der Waals surface area contributed by atoms with E-state index in [1.807, 2.05) is 19.1 Å². The van der Waals surface area contributed by atoms with E-state index in [1.165, 1.54) is 11.1 Å². The van der Waals surface area contributed by atoms with Crippen molar-refractivity contribution in [1.82, 2.24) is 16.0 Å². The van der Waals surface area contributed by atoms with Gasteiger partial charge in [0.1, 0.15) is 0 Å². The van der Waals surface area contributed by atoms with Crippen molar-refractivity contribution in [3.63, 3.8) is 0 Å². The number of amides is 2. The Morgan fingerprint density at radius 3 is 2.86 bits per heavy atom. The molecule has 1 aromatic carbocycles. The Labute approximate surface area is 125 Å². The van der Waals surface area contributed by atoms with Gasteiger partial charge in [0.15, 0.2) is 0 Å². The molecule has 0 radical (unpaired) electrons. The van der Waals surface area contributed by atoms with Crippen LogP contribution in [0.4, 0.5) is 0 Å². The average Bonchev–Trinajstić information content (AvgIpc) is 2.51. The summed E-state index contributed by atoms with van der Waals surface area (Å²) in [6, 6.07) is 8.44. The zero-order valence-electron chi connectivity index (χ0n) is 12.4. The van der Waals surface area contributed by atoms with E-state index in [2.05, 4.69) is 28.1 Å². The second-order valence-electron chi connectivity index (χ2n) is 5.29. The van der Waals surface area contributed by atoms with Crippen LogP contribution in [0.2, 0.25) is 0 Å². The molecule has 0 fully saturated rings. The maximum absolute atomic E-state index is 11.8. The van der Waals surface area contributed by atoms with Crippen molar-refractivity contribution in [3.05, 3.63) is 35.4 Å². The highest BCUT2D eigenvalue weighted by atomic mass is 16.2. The third-order valence-corrected chi connectivity index (χ3v) is 3.64. The van der Waals surface area contributed by atoms with Gasteiger partial charge in [-0.1, -0.05) is 31.2 Å². The number of hydrogen-bond donors (Lipinski definition) is 3. The molecule has 5 nitrogen and oxygen atoms in total. The largest absolute Gasteiger partial charge is 0.353 e. The lowest BCUT2D eigenvalue weighted by Gasteiger charge is -2.27. The highest BCUT2D eigenvalue weighted by Gasteiger charge is 2.19. The van der Waals surface area contributed by atoms with Crippen molar-refractivity contribution >= 4 is 11.8 Å². The Balaban J connectivity index is 1.79. The summed E-state index contributed by atoms with van der Waals surface area (Å²) in [6.07, 6.45) is 2.27. The maximum atomic E-state index is 11.8. The topological polar surface area (TPSA) is 70.2 Å². The molecule has 114 valence electrons. The van der Waals surface area contributed by atoms with Crippen LogP contribution in [0.3, 0.4) is 0 Å². The molecule has 0 aliphatic carbocycles. The maximum Gasteiger partial charge on any atom is 0.239 e. The van der Waals surface area contributed by atoms with Crippen LogP contribution in [0.15, 0.2) is 24.3 Å². The molecule has 1 atom stereocenters. The van der Waals surface area contributed by atoms with Crippen molar-refractivity contribution in [2.45, 2.75) is 32.2 Å². The minimum absolute atomic E-state index is 0.0488. The van der Waals surface area contributed by atoms with Gasteiger partial charge in [-0.15, -0.1) is 0 Å². The van der Waals surface area contributed by atoms with Gasteiger partial charge in [0.25, 0.3) is 0 Å². The molecule has 5 heteroatoms. The van der Waals surface area contributed by atoms with E-state index in [1.54, 1.807) is 0 Å². The molecular weight excluding hydrogens is 266 g/mol. The van der Waals surface area contributed by atoms with Crippen molar-refractivity contribution in [1.29, 1.82) is 0 Å². The summed E-state index contributed by atoms with van der Waals surface area (Å²) in [5, 5.41) is 8.91. The van der Waals surface area contributed by atoms with Gasteiger partial charge in [0.05, 0.1) is 6.54 Å². The van der Waals surface area contributed by atoms with Crippen molar-refractivity contribution in [2.75, 3.05) is 19.6 Å². The Morgan fingerprint density at radius 2 is 2.05 bits per heavy atom. The Bertz CT molecular complexity index is 502. The smallest absolute Gasteiger partial charge is 0.239 e. The summed E-state index contributed by atoms with van der Waals surface area (Å²) in [5.41, 5.74) is 2.59. The summed E-state index contributed by atoms with van der Waals surface area (Å²) < 4.78 is 0. The molecule has 3 N–H and O–H groups in total. The van der Waals surface area contributed by atoms with Crippen LogP contribution in [-0.4, -0.2) is 31.4 Å². The summed E-state index contributed by atoms with van der Waals surface area (Å²) in [4.78, 5) is 23.1. The zero-order valence-corrected chi connectivity index (χ0v) is 12.4. The van der Waals surface area contributed by atoms with E-state index in [0.717, 1.165) is 19.4 Å². The van der Waals surface area contributed by atoms with Crippen LogP contribution >= 0.6 is 0 Å². The Hall–Kier alpha value is -1.88. The third-order valence-electron chi connectivity index (χ3n) is 3.64. The van der Waals surface area contributed by atoms with Crippen LogP contribution in [-0.2, 0) is 16.0 Å². The monoisotopic (exact) mass is 289 g/mol. The highest BCUT2D eigenvalue weighted by molar-refractivity contribution is 5.84. The minimum Gasteiger partial charge on any atom is -0.353 e. The van der Waals surface area contributed by atoms with Crippen LogP contribution in [0.25, 0.3) is 0 Å². The van der Waals surface area contributed by atoms with Crippen LogP contribution in [0.1, 0.15) is 36.9 Å². The third kappa shape index (κ3) is 4.56. The van der Waals surface area contributed by atoms with Crippen molar-refractivity contribution < 1.29 is 9.59 Å². The number of benzene rings is 1. The summed E-state index contributed by atoms with van der Waals surface area (Å²) >= 11 is 0. The molecule has 0 aromatic heterocycles. The van der Waals surface area contributed by atoms with E-state index in [9.17, 15) is 9.59 Å². The lowest BCUT2D eigenvalue weighted by molar-refractivity contribution is -0.126. The van der Waals surface area contributed by atoms with E-state index in [4.69, 9.17) is 0 Å². The quantitative estimate of drug-likeness (QED) is 0.729. The van der Waals surface area contributed by atoms with Crippen LogP contribution in [0, 0.1) is 0 Å². The van der Waals surface area contributed by atoms with Gasteiger partial charge in [-0.05, 0) is 30.5 Å². The first-order valence-corrected chi connectivity index (χ1v) is 7.55. The number of nitrogens with one attached hydrogen (secondary N) is 3. The first-order chi connectivity index (χ1) is 10.2. The zero-order chi connectivity index (χ0) is 15.1. The molecule has 2 amide bonds. The number of fused-ring (bicyclic) bond motifs is 1. The average molecular weight is 289 g/mol. The summed E-state index contributed by atoms with van der Waals surface area (Å²) in [6.45, 7) is 3.45. The van der Waals surface area contributed by atoms with Gasteiger partial charge >= 0.3 is 0 Å². The Kier molecular flexibility index (Phi) is 5.75. The molecule has 0 saturated carbocycles. The lowest BCUT2D eigenvalue weighted by atomic mass is 9.94. The molecule has 1 aliphatic heterocycles. The van der Waals surface area contributed by atoms with E-state index in [-0.39, 0.29) is 24.4 Å². The molecule has 2 rings (SSSR count). The first-order valence-electron chi connectivity index (χ1n) is 7.55. The van der Waals surface area contributed by atoms with E-state index >= 15 is 0 Å². The number of rotatable bonds is 6. The van der Waals surface area contributed by atoms with Gasteiger partial charge in [-0.3, -0.25) is 9.59 Å². The van der Waals surface area contributed by atoms with Gasteiger partial charge in [-0.2, -0.15) is 0 Å². The standard InChI is InChI=1S/C16H23N3O2/c1-2-5-15(20)19-11-16(21)18-10-14-13-7-4-3-6-12(13)8-9-17-14/h3-4,6-7,14,17H,2,5,8-11H2,1H3,(H,18,21)(H,19,20). The Morgan fingerprint density at radius 1 is 1.24 bits per heavy atom. The van der Waals surface area contributed by atoms with Crippen LogP contribution in [0.5, 0.6) is 0 Å². The fraction of sp³-hybridized carbons (Fsp3) is 0.500. The SMILES string of the molecule is CCCC(=O)NCC(=O)NCC1NCCc2ccccc21. The minimum atomic E-state index is -0.149. The molecule has 1 heterocycles. The molecule has 1 aliphatic rings. The van der Waals surface area contributed by atoms with Gasteiger partial charge in [0.2, 0.25) is 11.8 Å². The van der Waals surface area contributed by atoms with E-state index < -0.39 is 0 Å².